The fraction of sp³-hybridized carbons (Fsp3) is 0.571. The molecule has 2 heterocycles. The van der Waals surface area contributed by atoms with Crippen LogP contribution in [0.5, 0.6) is 0 Å². The van der Waals surface area contributed by atoms with Crippen LogP contribution in [0.3, 0.4) is 0 Å². The van der Waals surface area contributed by atoms with Gasteiger partial charge < -0.3 is 5.11 Å². The van der Waals surface area contributed by atoms with Gasteiger partial charge in [0.25, 0.3) is 0 Å². The van der Waals surface area contributed by atoms with Crippen LogP contribution in [0.15, 0.2) is 30.5 Å². The molecule has 1 saturated carbocycles. The van der Waals surface area contributed by atoms with Crippen molar-refractivity contribution in [3.8, 4) is 11.3 Å². The fourth-order valence-corrected chi connectivity index (χ4v) is 4.77. The zero-order chi connectivity index (χ0) is 18.6. The van der Waals surface area contributed by atoms with Crippen molar-refractivity contribution in [3.05, 3.63) is 41.8 Å². The van der Waals surface area contributed by atoms with E-state index in [4.69, 9.17) is 0 Å². The van der Waals surface area contributed by atoms with Gasteiger partial charge >= 0.3 is 0 Å². The third-order valence-electron chi connectivity index (χ3n) is 6.09. The van der Waals surface area contributed by atoms with E-state index in [9.17, 15) is 9.50 Å². The molecule has 1 aliphatic heterocycles. The quantitative estimate of drug-likeness (QED) is 0.818. The van der Waals surface area contributed by atoms with E-state index in [1.54, 1.807) is 12.1 Å². The maximum atomic E-state index is 13.6. The molecule has 0 bridgehead atoms. The molecule has 5 nitrogen and oxygen atoms in total. The van der Waals surface area contributed by atoms with Gasteiger partial charge in [-0.2, -0.15) is 5.10 Å². The van der Waals surface area contributed by atoms with Crippen molar-refractivity contribution in [1.82, 2.24) is 20.0 Å². The van der Waals surface area contributed by atoms with Gasteiger partial charge in [-0.1, -0.05) is 25.0 Å². The predicted octanol–water partition coefficient (Wildman–Crippen LogP) is 3.03. The minimum absolute atomic E-state index is 0.235. The summed E-state index contributed by atoms with van der Waals surface area (Å²) in [7, 11) is 0. The first-order valence-electron chi connectivity index (χ1n) is 10.1. The average Bonchev–Trinajstić information content (AvgIpc) is 3.34. The predicted molar refractivity (Wildman–Crippen MR) is 104 cm³/mol. The lowest BCUT2D eigenvalue weighted by atomic mass is 10.0. The summed E-state index contributed by atoms with van der Waals surface area (Å²) in [5, 5.41) is 16.8. The molecule has 1 aromatic heterocycles. The highest BCUT2D eigenvalue weighted by atomic mass is 19.1. The van der Waals surface area contributed by atoms with Gasteiger partial charge in [-0.3, -0.25) is 14.9 Å². The van der Waals surface area contributed by atoms with E-state index >= 15 is 0 Å². The zero-order valence-corrected chi connectivity index (χ0v) is 15.8. The number of benzene rings is 1. The number of aromatic amines is 1. The Morgan fingerprint density at radius 3 is 2.85 bits per heavy atom. The summed E-state index contributed by atoms with van der Waals surface area (Å²) in [5.41, 5.74) is 2.82. The lowest BCUT2D eigenvalue weighted by Gasteiger charge is -2.44. The van der Waals surface area contributed by atoms with Crippen LogP contribution in [0.4, 0.5) is 4.39 Å². The third kappa shape index (κ3) is 4.23. The lowest BCUT2D eigenvalue weighted by molar-refractivity contribution is 0.0268. The molecule has 2 aromatic rings. The van der Waals surface area contributed by atoms with Gasteiger partial charge in [-0.25, -0.2) is 4.39 Å². The Kier molecular flexibility index (Phi) is 5.86. The molecule has 1 saturated heterocycles. The molecule has 146 valence electrons. The molecule has 4 rings (SSSR count). The van der Waals surface area contributed by atoms with Crippen molar-refractivity contribution in [2.75, 3.05) is 26.2 Å². The highest BCUT2D eigenvalue weighted by molar-refractivity contribution is 5.62. The summed E-state index contributed by atoms with van der Waals surface area (Å²) in [5.74, 6) is -0.235. The Hall–Kier alpha value is -1.76. The first-order valence-corrected chi connectivity index (χ1v) is 10.1. The highest BCUT2D eigenvalue weighted by Crippen LogP contribution is 2.29. The Bertz CT molecular complexity index is 743. The van der Waals surface area contributed by atoms with Gasteiger partial charge in [-0.05, 0) is 31.4 Å². The number of aliphatic hydroxyl groups is 1. The molecule has 6 heteroatoms. The molecule has 2 fully saturated rings. The van der Waals surface area contributed by atoms with E-state index in [1.807, 2.05) is 12.3 Å². The van der Waals surface area contributed by atoms with Crippen LogP contribution in [0.2, 0.25) is 0 Å². The van der Waals surface area contributed by atoms with Crippen molar-refractivity contribution in [2.45, 2.75) is 50.7 Å². The van der Waals surface area contributed by atoms with E-state index < -0.39 is 0 Å². The topological polar surface area (TPSA) is 55.4 Å². The Morgan fingerprint density at radius 1 is 1.22 bits per heavy atom. The highest BCUT2D eigenvalue weighted by Gasteiger charge is 2.33. The normalized spacial score (nSPS) is 22.5. The molecule has 27 heavy (non-hydrogen) atoms. The van der Waals surface area contributed by atoms with E-state index in [0.29, 0.717) is 12.1 Å². The van der Waals surface area contributed by atoms with Crippen LogP contribution in [-0.4, -0.2) is 63.4 Å². The van der Waals surface area contributed by atoms with Gasteiger partial charge in [0.1, 0.15) is 5.82 Å². The van der Waals surface area contributed by atoms with E-state index in [2.05, 4.69) is 20.0 Å². The summed E-state index contributed by atoms with van der Waals surface area (Å²) in [6.07, 6.45) is 7.95. The second-order valence-corrected chi connectivity index (χ2v) is 7.86. The summed E-state index contributed by atoms with van der Waals surface area (Å²) in [6, 6.07) is 7.75. The van der Waals surface area contributed by atoms with Crippen LogP contribution < -0.4 is 0 Å². The molecule has 0 amide bonds. The largest absolute Gasteiger partial charge is 0.396 e. The van der Waals surface area contributed by atoms with Gasteiger partial charge in [0.05, 0.1) is 11.9 Å². The smallest absolute Gasteiger partial charge is 0.123 e. The van der Waals surface area contributed by atoms with E-state index in [0.717, 1.165) is 49.4 Å². The first-order chi connectivity index (χ1) is 13.2. The molecule has 1 aromatic carbocycles. The Morgan fingerprint density at radius 2 is 2.07 bits per heavy atom. The van der Waals surface area contributed by atoms with Gasteiger partial charge in [0.15, 0.2) is 0 Å². The number of nitrogens with one attached hydrogen (secondary N) is 1. The second kappa shape index (κ2) is 8.50. The Balaban J connectivity index is 1.45. The number of H-pyrrole nitrogens is 1. The number of nitrogens with zero attached hydrogens (tertiary/aromatic N) is 3. The van der Waals surface area contributed by atoms with Crippen LogP contribution >= 0.6 is 0 Å². The number of rotatable bonds is 6. The SMILES string of the molecule is OCC[C@@H]1CN(Cc2cn[nH]c2-c2cccc(F)c2)CCN1C1CCCC1. The number of aromatic nitrogens is 2. The van der Waals surface area contributed by atoms with Crippen molar-refractivity contribution >= 4 is 0 Å². The maximum absolute atomic E-state index is 13.6. The number of hydrogen-bond donors (Lipinski definition) is 2. The monoisotopic (exact) mass is 372 g/mol. The standard InChI is InChI=1S/C21H29FN4O/c22-18-5-3-4-16(12-18)21-17(13-23-24-21)14-25-9-10-26(19-6-1-2-7-19)20(15-25)8-11-27/h3-5,12-13,19-20,27H,1-2,6-11,14-15H2,(H,23,24)/t20-/m1/s1. The van der Waals surface area contributed by atoms with Crippen molar-refractivity contribution < 1.29 is 9.50 Å². The molecule has 0 radical (unpaired) electrons. The van der Waals surface area contributed by atoms with Gasteiger partial charge in [-0.15, -0.1) is 0 Å². The molecule has 1 atom stereocenters. The molecule has 2 N–H and O–H groups in total. The van der Waals surface area contributed by atoms with E-state index in [1.165, 1.54) is 31.7 Å². The summed E-state index contributed by atoms with van der Waals surface area (Å²) in [4.78, 5) is 5.09. The molecule has 1 aliphatic carbocycles. The Labute approximate surface area is 160 Å². The van der Waals surface area contributed by atoms with Crippen LogP contribution in [-0.2, 0) is 6.54 Å². The van der Waals surface area contributed by atoms with Crippen LogP contribution in [0.25, 0.3) is 11.3 Å². The third-order valence-corrected chi connectivity index (χ3v) is 6.09. The molecule has 2 aliphatic rings. The molecule has 0 unspecified atom stereocenters. The number of aliphatic hydroxyl groups excluding tert-OH is 1. The number of piperazine rings is 1. The summed E-state index contributed by atoms with van der Waals surface area (Å²) in [6.45, 7) is 4.07. The minimum atomic E-state index is -0.235. The molecule has 0 spiro atoms. The van der Waals surface area contributed by atoms with Gasteiger partial charge in [0, 0.05) is 56.0 Å². The van der Waals surface area contributed by atoms with Crippen LogP contribution in [0, 0.1) is 5.82 Å². The van der Waals surface area contributed by atoms with Crippen molar-refractivity contribution in [1.29, 1.82) is 0 Å². The van der Waals surface area contributed by atoms with Crippen molar-refractivity contribution in [2.24, 2.45) is 0 Å². The first kappa shape index (κ1) is 18.6. The van der Waals surface area contributed by atoms with Gasteiger partial charge in [0.2, 0.25) is 0 Å². The summed E-state index contributed by atoms with van der Waals surface area (Å²) < 4.78 is 13.6. The van der Waals surface area contributed by atoms with Crippen molar-refractivity contribution in [3.63, 3.8) is 0 Å². The lowest BCUT2D eigenvalue weighted by Crippen LogP contribution is -2.56. The minimum Gasteiger partial charge on any atom is -0.396 e. The zero-order valence-electron chi connectivity index (χ0n) is 15.8. The fourth-order valence-electron chi connectivity index (χ4n) is 4.77. The van der Waals surface area contributed by atoms with Crippen LogP contribution in [0.1, 0.15) is 37.7 Å². The number of hydrogen-bond acceptors (Lipinski definition) is 4. The second-order valence-electron chi connectivity index (χ2n) is 7.86. The summed E-state index contributed by atoms with van der Waals surface area (Å²) >= 11 is 0. The molecular formula is C21H29FN4O. The molecular weight excluding hydrogens is 343 g/mol. The average molecular weight is 372 g/mol. The van der Waals surface area contributed by atoms with E-state index in [-0.39, 0.29) is 12.4 Å². The maximum Gasteiger partial charge on any atom is 0.123 e. The number of halogens is 1.